The van der Waals surface area contributed by atoms with Crippen LogP contribution in [0.3, 0.4) is 0 Å². The predicted molar refractivity (Wildman–Crippen MR) is 65.8 cm³/mol. The normalized spacial score (nSPS) is 11.2. The Bertz CT molecular complexity index is 845. The fraction of sp³-hybridized carbons (Fsp3) is 0.0833. The number of aromatic amines is 1. The molecule has 90 valence electrons. The number of aryl methyl sites for hydroxylation is 1. The molecular weight excluding hydrogens is 234 g/mol. The first-order valence-corrected chi connectivity index (χ1v) is 5.29. The number of aromatic carboxylic acids is 1. The fourth-order valence-corrected chi connectivity index (χ4v) is 2.03. The van der Waals surface area contributed by atoms with Crippen molar-refractivity contribution in [1.82, 2.24) is 14.8 Å². The highest BCUT2D eigenvalue weighted by molar-refractivity contribution is 6.04. The number of benzene rings is 1. The van der Waals surface area contributed by atoms with Crippen LogP contribution in [0.5, 0.6) is 0 Å². The Morgan fingerprint density at radius 1 is 1.39 bits per heavy atom. The number of carbonyl (C=O) groups is 1. The maximum absolute atomic E-state index is 11.8. The molecule has 3 aromatic rings. The van der Waals surface area contributed by atoms with Gasteiger partial charge in [-0.25, -0.2) is 4.79 Å². The number of nitrogens with one attached hydrogen (secondary N) is 1. The number of H-pyrrole nitrogens is 1. The molecule has 0 saturated carbocycles. The number of pyridine rings is 1. The summed E-state index contributed by atoms with van der Waals surface area (Å²) in [6.45, 7) is 0. The van der Waals surface area contributed by atoms with E-state index in [1.54, 1.807) is 24.0 Å². The van der Waals surface area contributed by atoms with Gasteiger partial charge in [0.25, 0.3) is 5.56 Å². The average Bonchev–Trinajstić information content (AvgIpc) is 2.71. The summed E-state index contributed by atoms with van der Waals surface area (Å²) in [6, 6.07) is 4.59. The minimum absolute atomic E-state index is 0.133. The molecule has 1 aromatic carbocycles. The third-order valence-corrected chi connectivity index (χ3v) is 2.84. The Morgan fingerprint density at radius 2 is 2.17 bits per heavy atom. The molecule has 6 heteroatoms. The van der Waals surface area contributed by atoms with Gasteiger partial charge < -0.3 is 10.1 Å². The van der Waals surface area contributed by atoms with E-state index in [-0.39, 0.29) is 11.1 Å². The summed E-state index contributed by atoms with van der Waals surface area (Å²) < 4.78 is 1.56. The van der Waals surface area contributed by atoms with Crippen LogP contribution in [-0.4, -0.2) is 25.8 Å². The van der Waals surface area contributed by atoms with Gasteiger partial charge in [0.05, 0.1) is 16.5 Å². The maximum atomic E-state index is 11.8. The molecule has 2 aromatic heterocycles. The van der Waals surface area contributed by atoms with E-state index in [9.17, 15) is 9.59 Å². The quantitative estimate of drug-likeness (QED) is 0.670. The molecule has 6 nitrogen and oxygen atoms in total. The van der Waals surface area contributed by atoms with Crippen LogP contribution in [0, 0.1) is 0 Å². The van der Waals surface area contributed by atoms with E-state index >= 15 is 0 Å². The van der Waals surface area contributed by atoms with Gasteiger partial charge in [-0.05, 0) is 18.2 Å². The van der Waals surface area contributed by atoms with E-state index in [0.29, 0.717) is 16.4 Å². The van der Waals surface area contributed by atoms with Crippen LogP contribution in [0.15, 0.2) is 29.2 Å². The molecule has 2 N–H and O–H groups in total. The number of hydrogen-bond donors (Lipinski definition) is 2. The van der Waals surface area contributed by atoms with Crippen LogP contribution in [0.25, 0.3) is 21.8 Å². The van der Waals surface area contributed by atoms with Crippen molar-refractivity contribution in [2.45, 2.75) is 0 Å². The molecule has 0 bridgehead atoms. The first kappa shape index (κ1) is 10.5. The zero-order valence-electron chi connectivity index (χ0n) is 9.47. The second-order valence-corrected chi connectivity index (χ2v) is 4.08. The van der Waals surface area contributed by atoms with Crippen LogP contribution >= 0.6 is 0 Å². The van der Waals surface area contributed by atoms with Gasteiger partial charge in [0, 0.05) is 18.6 Å². The minimum Gasteiger partial charge on any atom is -0.478 e. The standard InChI is InChI=1S/C12H9N3O3/c1-15-5-8-10(14-15)7-3-2-6(12(17)18)4-9(7)13-11(8)16/h2-5H,1H3,(H,13,16)(H,17,18). The first-order chi connectivity index (χ1) is 8.56. The largest absolute Gasteiger partial charge is 0.478 e. The van der Waals surface area contributed by atoms with Gasteiger partial charge >= 0.3 is 5.97 Å². The molecule has 0 spiro atoms. The van der Waals surface area contributed by atoms with Crippen molar-refractivity contribution >= 4 is 27.8 Å². The molecule has 0 aliphatic carbocycles. The van der Waals surface area contributed by atoms with Crippen molar-refractivity contribution in [2.75, 3.05) is 0 Å². The summed E-state index contributed by atoms with van der Waals surface area (Å²) in [7, 11) is 1.73. The van der Waals surface area contributed by atoms with Gasteiger partial charge in [-0.2, -0.15) is 5.10 Å². The van der Waals surface area contributed by atoms with E-state index in [1.165, 1.54) is 12.1 Å². The number of hydrogen-bond acceptors (Lipinski definition) is 3. The zero-order valence-corrected chi connectivity index (χ0v) is 9.47. The Hall–Kier alpha value is -2.63. The Morgan fingerprint density at radius 3 is 2.89 bits per heavy atom. The summed E-state index contributed by atoms with van der Waals surface area (Å²) in [6.07, 6.45) is 1.64. The summed E-state index contributed by atoms with van der Waals surface area (Å²) >= 11 is 0. The van der Waals surface area contributed by atoms with E-state index in [1.807, 2.05) is 0 Å². The lowest BCUT2D eigenvalue weighted by molar-refractivity contribution is 0.0697. The first-order valence-electron chi connectivity index (χ1n) is 5.29. The third-order valence-electron chi connectivity index (χ3n) is 2.84. The van der Waals surface area contributed by atoms with E-state index in [2.05, 4.69) is 10.1 Å². The summed E-state index contributed by atoms with van der Waals surface area (Å²) in [5.41, 5.74) is 0.917. The Labute approximate surface area is 100 Å². The number of fused-ring (bicyclic) bond motifs is 3. The van der Waals surface area contributed by atoms with Gasteiger partial charge in [0.2, 0.25) is 0 Å². The lowest BCUT2D eigenvalue weighted by atomic mass is 10.1. The number of aromatic nitrogens is 3. The van der Waals surface area contributed by atoms with Crippen LogP contribution in [0.1, 0.15) is 10.4 Å². The lowest BCUT2D eigenvalue weighted by Crippen LogP contribution is -2.06. The molecule has 0 atom stereocenters. The Balaban J connectivity index is 2.49. The molecule has 0 fully saturated rings. The summed E-state index contributed by atoms with van der Waals surface area (Å²) in [5, 5.41) is 14.4. The van der Waals surface area contributed by atoms with Gasteiger partial charge in [-0.3, -0.25) is 9.48 Å². The van der Waals surface area contributed by atoms with Crippen molar-refractivity contribution in [3.8, 4) is 0 Å². The highest BCUT2D eigenvalue weighted by atomic mass is 16.4. The fourth-order valence-electron chi connectivity index (χ4n) is 2.03. The highest BCUT2D eigenvalue weighted by Crippen LogP contribution is 2.20. The van der Waals surface area contributed by atoms with Gasteiger partial charge in [0.1, 0.15) is 5.52 Å². The second kappa shape index (κ2) is 3.43. The van der Waals surface area contributed by atoms with Gasteiger partial charge in [0.15, 0.2) is 0 Å². The molecule has 0 aliphatic rings. The molecule has 0 amide bonds. The SMILES string of the molecule is Cn1cc2c(=O)[nH]c3cc(C(=O)O)ccc3c2n1. The number of carboxylic acids is 1. The summed E-state index contributed by atoms with van der Waals surface area (Å²) in [5.74, 6) is -1.03. The average molecular weight is 243 g/mol. The molecular formula is C12H9N3O3. The minimum atomic E-state index is -1.03. The number of nitrogens with zero attached hydrogens (tertiary/aromatic N) is 2. The molecule has 2 heterocycles. The summed E-state index contributed by atoms with van der Waals surface area (Å²) in [4.78, 5) is 25.4. The monoisotopic (exact) mass is 243 g/mol. The molecule has 0 radical (unpaired) electrons. The van der Waals surface area contributed by atoms with Crippen LogP contribution in [0.4, 0.5) is 0 Å². The number of carboxylic acid groups (broad SMARTS) is 1. The smallest absolute Gasteiger partial charge is 0.335 e. The van der Waals surface area contributed by atoms with Crippen molar-refractivity contribution in [1.29, 1.82) is 0 Å². The van der Waals surface area contributed by atoms with Crippen molar-refractivity contribution < 1.29 is 9.90 Å². The maximum Gasteiger partial charge on any atom is 0.335 e. The van der Waals surface area contributed by atoms with Crippen LogP contribution in [-0.2, 0) is 7.05 Å². The highest BCUT2D eigenvalue weighted by Gasteiger charge is 2.11. The van der Waals surface area contributed by atoms with Gasteiger partial charge in [-0.1, -0.05) is 0 Å². The van der Waals surface area contributed by atoms with E-state index in [4.69, 9.17) is 5.11 Å². The van der Waals surface area contributed by atoms with Gasteiger partial charge in [-0.15, -0.1) is 0 Å². The molecule has 3 rings (SSSR count). The Kier molecular flexibility index (Phi) is 2.00. The van der Waals surface area contributed by atoms with Crippen molar-refractivity contribution in [2.24, 2.45) is 7.05 Å². The molecule has 0 unspecified atom stereocenters. The number of rotatable bonds is 1. The topological polar surface area (TPSA) is 88.0 Å². The van der Waals surface area contributed by atoms with Crippen LogP contribution < -0.4 is 5.56 Å². The predicted octanol–water partition coefficient (Wildman–Crippen LogP) is 1.11. The second-order valence-electron chi connectivity index (χ2n) is 4.08. The lowest BCUT2D eigenvalue weighted by Gasteiger charge is -2.00. The van der Waals surface area contributed by atoms with E-state index < -0.39 is 5.97 Å². The molecule has 0 saturated heterocycles. The zero-order chi connectivity index (χ0) is 12.9. The molecule has 0 aliphatic heterocycles. The van der Waals surface area contributed by atoms with Crippen molar-refractivity contribution in [3.63, 3.8) is 0 Å². The van der Waals surface area contributed by atoms with Crippen LogP contribution in [0.2, 0.25) is 0 Å². The third kappa shape index (κ3) is 1.39. The van der Waals surface area contributed by atoms with E-state index in [0.717, 1.165) is 5.39 Å². The van der Waals surface area contributed by atoms with Crippen molar-refractivity contribution in [3.05, 3.63) is 40.3 Å². The molecule has 18 heavy (non-hydrogen) atoms.